The molecule has 0 spiro atoms. The molecule has 2 aromatic rings. The van der Waals surface area contributed by atoms with Gasteiger partial charge in [-0.2, -0.15) is 0 Å². The molecule has 0 aromatic carbocycles. The largest absolute Gasteiger partial charge is 0.326 e. The van der Waals surface area contributed by atoms with E-state index in [1.54, 1.807) is 11.3 Å². The van der Waals surface area contributed by atoms with Crippen LogP contribution in [0.3, 0.4) is 0 Å². The highest BCUT2D eigenvalue weighted by Crippen LogP contribution is 2.37. The Morgan fingerprint density at radius 1 is 1.56 bits per heavy atom. The number of halogens is 1. The molecule has 4 heteroatoms. The van der Waals surface area contributed by atoms with E-state index in [9.17, 15) is 0 Å². The molecule has 84 valence electrons. The molecule has 0 amide bonds. The van der Waals surface area contributed by atoms with Crippen molar-refractivity contribution < 1.29 is 0 Å². The van der Waals surface area contributed by atoms with Gasteiger partial charge in [-0.25, -0.2) is 4.98 Å². The number of hydrogen-bond acceptors (Lipinski definition) is 2. The Kier molecular flexibility index (Phi) is 2.52. The Morgan fingerprint density at radius 2 is 2.44 bits per heavy atom. The van der Waals surface area contributed by atoms with E-state index in [1.165, 1.54) is 23.4 Å². The van der Waals surface area contributed by atoms with Crippen molar-refractivity contribution in [2.75, 3.05) is 0 Å². The normalized spacial score (nSPS) is 19.8. The molecule has 0 radical (unpaired) electrons. The molecule has 1 aliphatic heterocycles. The highest BCUT2D eigenvalue weighted by Gasteiger charge is 2.24. The van der Waals surface area contributed by atoms with Crippen molar-refractivity contribution in [2.45, 2.75) is 32.2 Å². The first-order chi connectivity index (χ1) is 7.77. The number of nitrogens with zero attached hydrogens (tertiary/aromatic N) is 2. The summed E-state index contributed by atoms with van der Waals surface area (Å²) in [6.45, 7) is 3.28. The van der Waals surface area contributed by atoms with Gasteiger partial charge in [0.25, 0.3) is 0 Å². The molecule has 16 heavy (non-hydrogen) atoms. The summed E-state index contributed by atoms with van der Waals surface area (Å²) in [6, 6.07) is 4.16. The minimum Gasteiger partial charge on any atom is -0.326 e. The van der Waals surface area contributed by atoms with Crippen LogP contribution >= 0.6 is 22.9 Å². The highest BCUT2D eigenvalue weighted by atomic mass is 35.5. The number of hydrogen-bond donors (Lipinski definition) is 0. The van der Waals surface area contributed by atoms with E-state index in [0.717, 1.165) is 12.4 Å². The molecule has 2 nitrogen and oxygen atoms in total. The van der Waals surface area contributed by atoms with E-state index in [4.69, 9.17) is 11.6 Å². The van der Waals surface area contributed by atoms with Gasteiger partial charge >= 0.3 is 0 Å². The quantitative estimate of drug-likeness (QED) is 0.745. The van der Waals surface area contributed by atoms with Gasteiger partial charge in [-0.05, 0) is 30.2 Å². The van der Waals surface area contributed by atoms with Gasteiger partial charge in [-0.15, -0.1) is 11.3 Å². The Labute approximate surface area is 104 Å². The van der Waals surface area contributed by atoms with Gasteiger partial charge < -0.3 is 4.57 Å². The van der Waals surface area contributed by atoms with Gasteiger partial charge in [0.05, 0.1) is 10.6 Å². The predicted octanol–water partition coefficient (Wildman–Crippen LogP) is 4.16. The van der Waals surface area contributed by atoms with Crippen LogP contribution in [0.5, 0.6) is 0 Å². The lowest BCUT2D eigenvalue weighted by molar-refractivity contribution is 0.478. The zero-order valence-electron chi connectivity index (χ0n) is 9.11. The molecule has 0 fully saturated rings. The molecule has 0 aliphatic carbocycles. The monoisotopic (exact) mass is 252 g/mol. The maximum atomic E-state index is 6.25. The third kappa shape index (κ3) is 1.50. The second kappa shape index (κ2) is 3.90. The van der Waals surface area contributed by atoms with Gasteiger partial charge in [0.15, 0.2) is 11.0 Å². The van der Waals surface area contributed by atoms with Crippen molar-refractivity contribution in [1.29, 1.82) is 0 Å². The van der Waals surface area contributed by atoms with Gasteiger partial charge in [-0.1, -0.05) is 24.6 Å². The zero-order chi connectivity index (χ0) is 11.1. The highest BCUT2D eigenvalue weighted by molar-refractivity contribution is 7.13. The molecule has 0 saturated carbocycles. The van der Waals surface area contributed by atoms with E-state index in [1.807, 2.05) is 0 Å². The topological polar surface area (TPSA) is 17.8 Å². The fraction of sp³-hybridized carbons (Fsp3) is 0.417. The lowest BCUT2D eigenvalue weighted by Crippen LogP contribution is -2.14. The zero-order valence-corrected chi connectivity index (χ0v) is 10.7. The van der Waals surface area contributed by atoms with E-state index in [0.29, 0.717) is 11.1 Å². The van der Waals surface area contributed by atoms with E-state index in [-0.39, 0.29) is 0 Å². The minimum atomic E-state index is 0.530. The minimum absolute atomic E-state index is 0.530. The first-order valence-corrected chi connectivity index (χ1v) is 6.83. The Morgan fingerprint density at radius 3 is 3.19 bits per heavy atom. The molecule has 2 aromatic heterocycles. The maximum Gasteiger partial charge on any atom is 0.152 e. The number of thiophene rings is 1. The standard InChI is InChI=1S/C12H13ClN2S/c1-8-4-2-6-15-10(8)11(13)14-12(15)9-5-3-7-16-9/h3,5,7-8H,2,4,6H2,1H3. The Hall–Kier alpha value is -0.800. The summed E-state index contributed by atoms with van der Waals surface area (Å²) < 4.78 is 2.29. The van der Waals surface area contributed by atoms with Crippen LogP contribution in [0, 0.1) is 0 Å². The van der Waals surface area contributed by atoms with Crippen LogP contribution in [-0.4, -0.2) is 9.55 Å². The average molecular weight is 253 g/mol. The number of fused-ring (bicyclic) bond motifs is 1. The molecule has 0 bridgehead atoms. The molecule has 3 heterocycles. The van der Waals surface area contributed by atoms with Crippen LogP contribution < -0.4 is 0 Å². The third-order valence-electron chi connectivity index (χ3n) is 3.19. The number of rotatable bonds is 1. The third-order valence-corrected chi connectivity index (χ3v) is 4.33. The van der Waals surface area contributed by atoms with Crippen LogP contribution in [0.25, 0.3) is 10.7 Å². The Bertz CT molecular complexity index is 501. The van der Waals surface area contributed by atoms with Crippen molar-refractivity contribution in [1.82, 2.24) is 9.55 Å². The van der Waals surface area contributed by atoms with Crippen LogP contribution in [0.15, 0.2) is 17.5 Å². The van der Waals surface area contributed by atoms with Gasteiger partial charge in [0.2, 0.25) is 0 Å². The summed E-state index contributed by atoms with van der Waals surface area (Å²) in [4.78, 5) is 5.73. The molecule has 1 unspecified atom stereocenters. The molecular formula is C12H13ClN2S. The summed E-state index contributed by atoms with van der Waals surface area (Å²) in [5, 5.41) is 2.77. The fourth-order valence-corrected chi connectivity index (χ4v) is 3.51. The van der Waals surface area contributed by atoms with E-state index < -0.39 is 0 Å². The van der Waals surface area contributed by atoms with Crippen molar-refractivity contribution in [3.8, 4) is 10.7 Å². The maximum absolute atomic E-state index is 6.25. The van der Waals surface area contributed by atoms with Crippen LogP contribution in [0.4, 0.5) is 0 Å². The fourth-order valence-electron chi connectivity index (χ4n) is 2.42. The summed E-state index contributed by atoms with van der Waals surface area (Å²) in [6.07, 6.45) is 2.44. The molecule has 0 saturated heterocycles. The second-order valence-corrected chi connectivity index (χ2v) is 5.59. The first kappa shape index (κ1) is 10.4. The number of aromatic nitrogens is 2. The average Bonchev–Trinajstić information content (AvgIpc) is 2.86. The lowest BCUT2D eigenvalue weighted by Gasteiger charge is -2.22. The second-order valence-electron chi connectivity index (χ2n) is 4.28. The van der Waals surface area contributed by atoms with Gasteiger partial charge in [0, 0.05) is 6.54 Å². The van der Waals surface area contributed by atoms with Gasteiger partial charge in [-0.3, -0.25) is 0 Å². The van der Waals surface area contributed by atoms with Crippen molar-refractivity contribution >= 4 is 22.9 Å². The Balaban J connectivity index is 2.18. The lowest BCUT2D eigenvalue weighted by atomic mass is 9.99. The molecular weight excluding hydrogens is 240 g/mol. The van der Waals surface area contributed by atoms with Crippen LogP contribution in [0.2, 0.25) is 5.15 Å². The molecule has 1 aliphatic rings. The predicted molar refractivity (Wildman–Crippen MR) is 68.2 cm³/mol. The first-order valence-electron chi connectivity index (χ1n) is 5.57. The van der Waals surface area contributed by atoms with E-state index in [2.05, 4.69) is 34.0 Å². The molecule has 3 rings (SSSR count). The van der Waals surface area contributed by atoms with E-state index >= 15 is 0 Å². The summed E-state index contributed by atoms with van der Waals surface area (Å²) in [5.74, 6) is 1.57. The van der Waals surface area contributed by atoms with Crippen LogP contribution in [-0.2, 0) is 6.54 Å². The summed E-state index contributed by atoms with van der Waals surface area (Å²) in [5.41, 5.74) is 1.22. The van der Waals surface area contributed by atoms with Crippen molar-refractivity contribution in [3.05, 3.63) is 28.4 Å². The van der Waals surface area contributed by atoms with Crippen molar-refractivity contribution in [3.63, 3.8) is 0 Å². The summed E-state index contributed by atoms with van der Waals surface area (Å²) in [7, 11) is 0. The molecule has 1 atom stereocenters. The molecule has 0 N–H and O–H groups in total. The van der Waals surface area contributed by atoms with Gasteiger partial charge in [0.1, 0.15) is 0 Å². The smallest absolute Gasteiger partial charge is 0.152 e. The SMILES string of the molecule is CC1CCCn2c(-c3cccs3)nc(Cl)c21. The summed E-state index contributed by atoms with van der Waals surface area (Å²) >= 11 is 7.97. The van der Waals surface area contributed by atoms with Crippen molar-refractivity contribution in [2.24, 2.45) is 0 Å². The number of imidazole rings is 1. The van der Waals surface area contributed by atoms with Crippen LogP contribution in [0.1, 0.15) is 31.4 Å².